The summed E-state index contributed by atoms with van der Waals surface area (Å²) in [5.41, 5.74) is 0. The Balaban J connectivity index is 3.79. The Morgan fingerprint density at radius 1 is 1.27 bits per heavy atom. The van der Waals surface area contributed by atoms with Crippen LogP contribution in [-0.2, 0) is 4.79 Å². The monoisotopic (exact) mass is 213 g/mol. The predicted molar refractivity (Wildman–Crippen MR) is 65.8 cm³/mol. The van der Waals surface area contributed by atoms with Crippen molar-refractivity contribution >= 4 is 5.91 Å². The maximum Gasteiger partial charge on any atom is 0.219 e. The van der Waals surface area contributed by atoms with Crippen molar-refractivity contribution in [1.29, 1.82) is 0 Å². The Hall–Kier alpha value is -0.530. The average Bonchev–Trinajstić information content (AvgIpc) is 2.23. The molecule has 0 spiro atoms. The van der Waals surface area contributed by atoms with Crippen LogP contribution in [0.2, 0.25) is 0 Å². The van der Waals surface area contributed by atoms with E-state index in [0.29, 0.717) is 12.5 Å². The van der Waals surface area contributed by atoms with Gasteiger partial charge < -0.3 is 5.32 Å². The summed E-state index contributed by atoms with van der Waals surface area (Å²) in [6, 6.07) is 0.333. The highest BCUT2D eigenvalue weighted by Crippen LogP contribution is 2.18. The highest BCUT2D eigenvalue weighted by atomic mass is 16.1. The normalized spacial score (nSPS) is 14.7. The number of hydrogen-bond acceptors (Lipinski definition) is 1. The summed E-state index contributed by atoms with van der Waals surface area (Å²) in [6.45, 7) is 8.49. The molecule has 0 saturated carbocycles. The molecule has 0 radical (unpaired) electrons. The molecule has 2 nitrogen and oxygen atoms in total. The van der Waals surface area contributed by atoms with Crippen LogP contribution >= 0.6 is 0 Å². The van der Waals surface area contributed by atoms with E-state index in [4.69, 9.17) is 0 Å². The van der Waals surface area contributed by atoms with Crippen molar-refractivity contribution < 1.29 is 4.79 Å². The number of rotatable bonds is 8. The van der Waals surface area contributed by atoms with E-state index in [1.807, 2.05) is 6.92 Å². The molecule has 0 saturated heterocycles. The molecule has 0 bridgehead atoms. The van der Waals surface area contributed by atoms with Crippen LogP contribution in [0.1, 0.15) is 66.2 Å². The van der Waals surface area contributed by atoms with Gasteiger partial charge in [-0.1, -0.05) is 46.5 Å². The third-order valence-corrected chi connectivity index (χ3v) is 2.96. The summed E-state index contributed by atoms with van der Waals surface area (Å²) in [5.74, 6) is 0.949. The molecule has 0 aromatic heterocycles. The van der Waals surface area contributed by atoms with Crippen molar-refractivity contribution in [3.8, 4) is 0 Å². The molecule has 2 heteroatoms. The summed E-state index contributed by atoms with van der Waals surface area (Å²) in [7, 11) is 0. The van der Waals surface area contributed by atoms with Crippen molar-refractivity contribution in [2.75, 3.05) is 0 Å². The maximum absolute atomic E-state index is 11.2. The quantitative estimate of drug-likeness (QED) is 0.657. The van der Waals surface area contributed by atoms with Crippen molar-refractivity contribution in [2.45, 2.75) is 72.3 Å². The number of carbonyl (C=O) groups excluding carboxylic acids is 1. The summed E-state index contributed by atoms with van der Waals surface area (Å²) < 4.78 is 0. The molecule has 1 amide bonds. The first kappa shape index (κ1) is 14.5. The molecule has 0 aliphatic heterocycles. The van der Waals surface area contributed by atoms with E-state index in [9.17, 15) is 4.79 Å². The van der Waals surface area contributed by atoms with Crippen LogP contribution < -0.4 is 5.32 Å². The van der Waals surface area contributed by atoms with Gasteiger partial charge in [-0.05, 0) is 19.3 Å². The predicted octanol–water partition coefficient (Wildman–Crippen LogP) is 3.51. The second-order valence-electron chi connectivity index (χ2n) is 4.47. The van der Waals surface area contributed by atoms with Gasteiger partial charge in [-0.2, -0.15) is 0 Å². The molecule has 1 N–H and O–H groups in total. The second kappa shape index (κ2) is 8.75. The highest BCUT2D eigenvalue weighted by Gasteiger charge is 2.12. The van der Waals surface area contributed by atoms with E-state index in [1.54, 1.807) is 0 Å². The molecule has 0 rings (SSSR count). The Bertz CT molecular complexity index is 168. The minimum absolute atomic E-state index is 0.174. The van der Waals surface area contributed by atoms with E-state index < -0.39 is 0 Å². The van der Waals surface area contributed by atoms with Crippen molar-refractivity contribution in [2.24, 2.45) is 5.92 Å². The van der Waals surface area contributed by atoms with Crippen molar-refractivity contribution in [3.63, 3.8) is 0 Å². The third kappa shape index (κ3) is 7.40. The summed E-state index contributed by atoms with van der Waals surface area (Å²) >= 11 is 0. The van der Waals surface area contributed by atoms with Gasteiger partial charge in [0.1, 0.15) is 0 Å². The molecule has 0 heterocycles. The molecule has 2 unspecified atom stereocenters. The fraction of sp³-hybridized carbons (Fsp3) is 0.923. The molecule has 2 atom stereocenters. The molecule has 0 fully saturated rings. The zero-order chi connectivity index (χ0) is 11.7. The largest absolute Gasteiger partial charge is 0.354 e. The van der Waals surface area contributed by atoms with Crippen LogP contribution in [0.15, 0.2) is 0 Å². The zero-order valence-corrected chi connectivity index (χ0v) is 10.8. The van der Waals surface area contributed by atoms with Crippen LogP contribution in [0.5, 0.6) is 0 Å². The van der Waals surface area contributed by atoms with E-state index in [1.165, 1.54) is 25.7 Å². The van der Waals surface area contributed by atoms with E-state index >= 15 is 0 Å². The molecule has 0 aliphatic rings. The number of nitrogens with one attached hydrogen (secondary N) is 1. The lowest BCUT2D eigenvalue weighted by atomic mass is 9.92. The minimum atomic E-state index is 0.174. The summed E-state index contributed by atoms with van der Waals surface area (Å²) in [5, 5.41) is 3.03. The van der Waals surface area contributed by atoms with Crippen LogP contribution in [0.3, 0.4) is 0 Å². The van der Waals surface area contributed by atoms with Gasteiger partial charge in [0.15, 0.2) is 0 Å². The lowest BCUT2D eigenvalue weighted by molar-refractivity contribution is -0.121. The van der Waals surface area contributed by atoms with Crippen molar-refractivity contribution in [1.82, 2.24) is 5.32 Å². The van der Waals surface area contributed by atoms with Crippen LogP contribution in [-0.4, -0.2) is 11.9 Å². The SMILES string of the molecule is CCCCC(CC)CC(C)NC(=O)CC. The Morgan fingerprint density at radius 2 is 1.93 bits per heavy atom. The molecule has 0 aliphatic carbocycles. The summed E-state index contributed by atoms with van der Waals surface area (Å²) in [4.78, 5) is 11.2. The minimum Gasteiger partial charge on any atom is -0.354 e. The van der Waals surface area contributed by atoms with Gasteiger partial charge in [0.2, 0.25) is 5.91 Å². The number of carbonyl (C=O) groups is 1. The van der Waals surface area contributed by atoms with Gasteiger partial charge in [-0.25, -0.2) is 0 Å². The molecule has 0 aromatic rings. The molecular formula is C13H27NO. The third-order valence-electron chi connectivity index (χ3n) is 2.96. The second-order valence-corrected chi connectivity index (χ2v) is 4.47. The van der Waals surface area contributed by atoms with Crippen molar-refractivity contribution in [3.05, 3.63) is 0 Å². The smallest absolute Gasteiger partial charge is 0.219 e. The Labute approximate surface area is 94.8 Å². The zero-order valence-electron chi connectivity index (χ0n) is 10.8. The van der Waals surface area contributed by atoms with E-state index in [-0.39, 0.29) is 5.91 Å². The molecule has 15 heavy (non-hydrogen) atoms. The Morgan fingerprint density at radius 3 is 2.40 bits per heavy atom. The first-order valence-corrected chi connectivity index (χ1v) is 6.43. The highest BCUT2D eigenvalue weighted by molar-refractivity contribution is 5.75. The standard InChI is InChI=1S/C13H27NO/c1-5-8-9-12(6-2)10-11(4)14-13(15)7-3/h11-12H,5-10H2,1-4H3,(H,14,15). The van der Waals surface area contributed by atoms with Crippen LogP contribution in [0, 0.1) is 5.92 Å². The van der Waals surface area contributed by atoms with Gasteiger partial charge in [0, 0.05) is 12.5 Å². The average molecular weight is 213 g/mol. The fourth-order valence-electron chi connectivity index (χ4n) is 1.92. The number of hydrogen-bond donors (Lipinski definition) is 1. The van der Waals surface area contributed by atoms with Gasteiger partial charge >= 0.3 is 0 Å². The van der Waals surface area contributed by atoms with Crippen LogP contribution in [0.25, 0.3) is 0 Å². The fourth-order valence-corrected chi connectivity index (χ4v) is 1.92. The van der Waals surface area contributed by atoms with Gasteiger partial charge in [0.05, 0.1) is 0 Å². The molecule has 0 aromatic carbocycles. The van der Waals surface area contributed by atoms with E-state index in [0.717, 1.165) is 12.3 Å². The molecule has 90 valence electrons. The summed E-state index contributed by atoms with van der Waals surface area (Å²) in [6.07, 6.45) is 6.84. The maximum atomic E-state index is 11.2. The lowest BCUT2D eigenvalue weighted by Crippen LogP contribution is -2.33. The van der Waals surface area contributed by atoms with Gasteiger partial charge in [-0.3, -0.25) is 4.79 Å². The van der Waals surface area contributed by atoms with Gasteiger partial charge in [-0.15, -0.1) is 0 Å². The van der Waals surface area contributed by atoms with Gasteiger partial charge in [0.25, 0.3) is 0 Å². The lowest BCUT2D eigenvalue weighted by Gasteiger charge is -2.20. The Kier molecular flexibility index (Phi) is 8.44. The van der Waals surface area contributed by atoms with Crippen LogP contribution in [0.4, 0.5) is 0 Å². The number of unbranched alkanes of at least 4 members (excludes halogenated alkanes) is 1. The first-order chi connectivity index (χ1) is 7.13. The topological polar surface area (TPSA) is 29.1 Å². The first-order valence-electron chi connectivity index (χ1n) is 6.43. The molecular weight excluding hydrogens is 186 g/mol. The van der Waals surface area contributed by atoms with E-state index in [2.05, 4.69) is 26.1 Å². The number of amides is 1.